The summed E-state index contributed by atoms with van der Waals surface area (Å²) in [5, 5.41) is 13.7. The Labute approximate surface area is 137 Å². The van der Waals surface area contributed by atoms with Gasteiger partial charge < -0.3 is 0 Å². The molecule has 5 rings (SSSR count). The van der Waals surface area contributed by atoms with Crippen molar-refractivity contribution in [3.63, 3.8) is 0 Å². The lowest BCUT2D eigenvalue weighted by atomic mass is 10.0. The molecule has 2 heterocycles. The fraction of sp³-hybridized carbons (Fsp3) is 0.188. The van der Waals surface area contributed by atoms with Crippen molar-refractivity contribution < 1.29 is 13.2 Å². The minimum atomic E-state index is -4.58. The number of alkyl halides is 3. The smallest absolute Gasteiger partial charge is 0.178 e. The van der Waals surface area contributed by atoms with Crippen LogP contribution in [0.5, 0.6) is 0 Å². The van der Waals surface area contributed by atoms with E-state index in [1.165, 1.54) is 16.5 Å². The number of aromatic nitrogens is 4. The molecule has 4 aromatic rings. The van der Waals surface area contributed by atoms with Gasteiger partial charge in [-0.1, -0.05) is 41.7 Å². The van der Waals surface area contributed by atoms with Crippen molar-refractivity contribution in [1.82, 2.24) is 19.8 Å². The van der Waals surface area contributed by atoms with Gasteiger partial charge in [0.1, 0.15) is 5.01 Å². The van der Waals surface area contributed by atoms with E-state index in [0.29, 0.717) is 5.01 Å². The monoisotopic (exact) mass is 346 g/mol. The van der Waals surface area contributed by atoms with Gasteiger partial charge in [-0.3, -0.25) is 0 Å². The van der Waals surface area contributed by atoms with E-state index in [0.717, 1.165) is 39.6 Å². The minimum absolute atomic E-state index is 0.139. The fourth-order valence-electron chi connectivity index (χ4n) is 3.34. The highest BCUT2D eigenvalue weighted by molar-refractivity contribution is 7.19. The molecule has 0 radical (unpaired) electrons. The molecule has 0 fully saturated rings. The summed E-state index contributed by atoms with van der Waals surface area (Å²) in [7, 11) is 0. The van der Waals surface area contributed by atoms with Crippen LogP contribution in [0.4, 0.5) is 13.2 Å². The number of hydrogen-bond donors (Lipinski definition) is 0. The normalized spacial score (nSPS) is 14.1. The molecule has 0 spiro atoms. The topological polar surface area (TPSA) is 43.1 Å². The maximum Gasteiger partial charge on any atom is 0.453 e. The highest BCUT2D eigenvalue weighted by Crippen LogP contribution is 2.39. The van der Waals surface area contributed by atoms with Crippen LogP contribution < -0.4 is 0 Å². The highest BCUT2D eigenvalue weighted by Gasteiger charge is 2.38. The van der Waals surface area contributed by atoms with E-state index in [1.807, 2.05) is 24.3 Å². The van der Waals surface area contributed by atoms with Gasteiger partial charge in [0.25, 0.3) is 5.82 Å². The number of fused-ring (bicyclic) bond motifs is 1. The lowest BCUT2D eigenvalue weighted by Crippen LogP contribution is -2.11. The van der Waals surface area contributed by atoms with Crippen LogP contribution >= 0.6 is 11.3 Å². The largest absolute Gasteiger partial charge is 0.453 e. The Morgan fingerprint density at radius 1 is 1.00 bits per heavy atom. The molecule has 0 atom stereocenters. The van der Waals surface area contributed by atoms with Crippen molar-refractivity contribution in [2.75, 3.05) is 0 Å². The van der Waals surface area contributed by atoms with Crippen molar-refractivity contribution in [2.45, 2.75) is 19.0 Å². The van der Waals surface area contributed by atoms with Crippen LogP contribution in [-0.4, -0.2) is 19.8 Å². The van der Waals surface area contributed by atoms with Crippen LogP contribution in [0.3, 0.4) is 0 Å². The molecule has 0 saturated carbocycles. The van der Waals surface area contributed by atoms with E-state index in [1.54, 1.807) is 0 Å². The summed E-state index contributed by atoms with van der Waals surface area (Å²) >= 11 is 1.11. The van der Waals surface area contributed by atoms with Gasteiger partial charge >= 0.3 is 6.18 Å². The van der Waals surface area contributed by atoms with E-state index in [4.69, 9.17) is 0 Å². The van der Waals surface area contributed by atoms with Crippen LogP contribution in [0.25, 0.3) is 26.3 Å². The zero-order valence-corrected chi connectivity index (χ0v) is 12.9. The summed E-state index contributed by atoms with van der Waals surface area (Å²) in [5.41, 5.74) is 3.40. The Kier molecular flexibility index (Phi) is 2.63. The molecular weight excluding hydrogens is 337 g/mol. The third kappa shape index (κ3) is 1.83. The lowest BCUT2D eigenvalue weighted by molar-refractivity contribution is -0.146. The Morgan fingerprint density at radius 3 is 2.58 bits per heavy atom. The van der Waals surface area contributed by atoms with Gasteiger partial charge in [-0.25, -0.2) is 0 Å². The van der Waals surface area contributed by atoms with Crippen molar-refractivity contribution in [2.24, 2.45) is 0 Å². The number of halogens is 3. The Morgan fingerprint density at radius 2 is 1.79 bits per heavy atom. The van der Waals surface area contributed by atoms with Crippen LogP contribution in [0.15, 0.2) is 30.3 Å². The van der Waals surface area contributed by atoms with Crippen LogP contribution in [0, 0.1) is 0 Å². The molecule has 0 N–H and O–H groups in total. The first-order chi connectivity index (χ1) is 11.5. The zero-order chi connectivity index (χ0) is 16.5. The Hall–Kier alpha value is -2.48. The Balaban J connectivity index is 1.77. The second-order valence-electron chi connectivity index (χ2n) is 5.73. The molecule has 120 valence electrons. The molecule has 8 heteroatoms. The molecule has 2 aromatic heterocycles. The van der Waals surface area contributed by atoms with Crippen LogP contribution in [0.2, 0.25) is 0 Å². The number of nitrogens with zero attached hydrogens (tertiary/aromatic N) is 4. The van der Waals surface area contributed by atoms with E-state index in [-0.39, 0.29) is 4.96 Å². The van der Waals surface area contributed by atoms with E-state index >= 15 is 0 Å². The fourth-order valence-corrected chi connectivity index (χ4v) is 4.21. The van der Waals surface area contributed by atoms with Crippen molar-refractivity contribution in [3.8, 4) is 10.6 Å². The van der Waals surface area contributed by atoms with Crippen molar-refractivity contribution in [3.05, 3.63) is 47.3 Å². The molecule has 0 amide bonds. The average molecular weight is 346 g/mol. The lowest BCUT2D eigenvalue weighted by Gasteiger charge is -2.06. The van der Waals surface area contributed by atoms with E-state index in [2.05, 4.69) is 21.4 Å². The molecule has 1 aliphatic carbocycles. The number of aryl methyl sites for hydroxylation is 2. The number of benzene rings is 2. The highest BCUT2D eigenvalue weighted by atomic mass is 32.1. The van der Waals surface area contributed by atoms with Gasteiger partial charge in [0.05, 0.1) is 0 Å². The predicted octanol–water partition coefficient (Wildman–Crippen LogP) is 4.12. The van der Waals surface area contributed by atoms with Gasteiger partial charge in [0, 0.05) is 5.56 Å². The standard InChI is InChI=1S/C16H9F3N4S/c17-16(18,19)14-20-21-15-23(14)22-13(24-15)11-7-6-9-5-4-8-2-1-3-10(11)12(8)9/h1-3,6-7H,4-5H2. The van der Waals surface area contributed by atoms with Crippen LogP contribution in [-0.2, 0) is 19.0 Å². The molecule has 1 aliphatic rings. The molecule has 0 aliphatic heterocycles. The third-order valence-corrected chi connectivity index (χ3v) is 5.28. The van der Waals surface area contributed by atoms with Gasteiger partial charge in [0.2, 0.25) is 4.96 Å². The number of rotatable bonds is 1. The molecule has 0 saturated heterocycles. The average Bonchev–Trinajstić information content (AvgIpc) is 3.21. The molecular formula is C16H9F3N4S. The molecule has 0 bridgehead atoms. The summed E-state index contributed by atoms with van der Waals surface area (Å²) in [5.74, 6) is -1.09. The molecule has 0 unspecified atom stereocenters. The summed E-state index contributed by atoms with van der Waals surface area (Å²) in [6.07, 6.45) is -2.58. The minimum Gasteiger partial charge on any atom is -0.178 e. The van der Waals surface area contributed by atoms with Gasteiger partial charge in [-0.2, -0.15) is 22.8 Å². The SMILES string of the molecule is FC(F)(F)c1nnc2sc(-c3ccc4c5c(cccc35)CC4)nn12. The first kappa shape index (κ1) is 13.9. The molecule has 2 aromatic carbocycles. The summed E-state index contributed by atoms with van der Waals surface area (Å²) in [6, 6.07) is 10.1. The second-order valence-corrected chi connectivity index (χ2v) is 6.69. The first-order valence-corrected chi connectivity index (χ1v) is 8.17. The van der Waals surface area contributed by atoms with Gasteiger partial charge in [-0.05, 0) is 34.7 Å². The summed E-state index contributed by atoms with van der Waals surface area (Å²) < 4.78 is 39.7. The summed E-state index contributed by atoms with van der Waals surface area (Å²) in [6.45, 7) is 0. The van der Waals surface area contributed by atoms with Crippen molar-refractivity contribution >= 4 is 27.1 Å². The molecule has 4 nitrogen and oxygen atoms in total. The van der Waals surface area contributed by atoms with Gasteiger partial charge in [0.15, 0.2) is 0 Å². The van der Waals surface area contributed by atoms with E-state index < -0.39 is 12.0 Å². The zero-order valence-electron chi connectivity index (χ0n) is 12.1. The first-order valence-electron chi connectivity index (χ1n) is 7.36. The molecule has 24 heavy (non-hydrogen) atoms. The predicted molar refractivity (Wildman–Crippen MR) is 84.0 cm³/mol. The van der Waals surface area contributed by atoms with Crippen LogP contribution in [0.1, 0.15) is 17.0 Å². The quantitative estimate of drug-likeness (QED) is 0.521. The second kappa shape index (κ2) is 4.54. The maximum absolute atomic E-state index is 13.0. The van der Waals surface area contributed by atoms with Gasteiger partial charge in [-0.15, -0.1) is 10.2 Å². The van der Waals surface area contributed by atoms with Crippen molar-refractivity contribution in [1.29, 1.82) is 0 Å². The number of hydrogen-bond acceptors (Lipinski definition) is 4. The third-order valence-electron chi connectivity index (χ3n) is 4.35. The maximum atomic E-state index is 13.0. The van der Waals surface area contributed by atoms with E-state index in [9.17, 15) is 13.2 Å². The Bertz CT molecular complexity index is 1100. The summed E-state index contributed by atoms with van der Waals surface area (Å²) in [4.78, 5) is 0.139.